The smallest absolute Gasteiger partial charge is 0.264 e. The fourth-order valence-electron chi connectivity index (χ4n) is 4.71. The van der Waals surface area contributed by atoms with Crippen molar-refractivity contribution < 1.29 is 22.7 Å². The van der Waals surface area contributed by atoms with Gasteiger partial charge in [0.2, 0.25) is 11.8 Å². The lowest BCUT2D eigenvalue weighted by Gasteiger charge is -2.34. The van der Waals surface area contributed by atoms with Crippen LogP contribution in [-0.4, -0.2) is 43.3 Å². The van der Waals surface area contributed by atoms with Gasteiger partial charge in [0.25, 0.3) is 10.0 Å². The molecule has 4 aromatic rings. The van der Waals surface area contributed by atoms with Crippen molar-refractivity contribution in [2.24, 2.45) is 0 Å². The molecule has 1 atom stereocenters. The number of carbonyl (C=O) groups is 2. The summed E-state index contributed by atoms with van der Waals surface area (Å²) < 4.78 is 35.1. The Balaban J connectivity index is 1.72. The molecule has 2 amide bonds. The average molecular weight is 648 g/mol. The molecule has 0 unspecified atom stereocenters. The van der Waals surface area contributed by atoms with Crippen molar-refractivity contribution in [3.63, 3.8) is 0 Å². The summed E-state index contributed by atoms with van der Waals surface area (Å²) in [6, 6.07) is 29.8. The molecule has 0 bridgehead atoms. The second kappa shape index (κ2) is 14.6. The van der Waals surface area contributed by atoms with E-state index in [1.807, 2.05) is 58.0 Å². The van der Waals surface area contributed by atoms with E-state index in [0.29, 0.717) is 22.9 Å². The third-order valence-corrected chi connectivity index (χ3v) is 8.90. The van der Waals surface area contributed by atoms with Crippen LogP contribution in [0.3, 0.4) is 0 Å². The van der Waals surface area contributed by atoms with Crippen LogP contribution in [0.2, 0.25) is 5.02 Å². The van der Waals surface area contributed by atoms with Gasteiger partial charge in [-0.05, 0) is 93.4 Å². The number of amides is 2. The number of ether oxygens (including phenoxy) is 1. The molecule has 4 aromatic carbocycles. The van der Waals surface area contributed by atoms with Crippen molar-refractivity contribution in [1.82, 2.24) is 10.2 Å². The SMILES string of the molecule is CC[C@@H](C(=O)NC(C)(C)C)N(Cc1ccc(Cl)cc1)C(=O)CN(c1ccc(Oc2ccccc2)cc1)S(=O)(=O)c1ccccc1. The van der Waals surface area contributed by atoms with Gasteiger partial charge in [-0.2, -0.15) is 0 Å². The molecule has 0 fully saturated rings. The first-order chi connectivity index (χ1) is 21.4. The van der Waals surface area contributed by atoms with Crippen LogP contribution in [-0.2, 0) is 26.2 Å². The van der Waals surface area contributed by atoms with Gasteiger partial charge in [0.15, 0.2) is 0 Å². The number of rotatable bonds is 12. The Bertz CT molecular complexity index is 1680. The van der Waals surface area contributed by atoms with Gasteiger partial charge < -0.3 is 15.0 Å². The van der Waals surface area contributed by atoms with Crippen LogP contribution in [0, 0.1) is 0 Å². The van der Waals surface area contributed by atoms with Gasteiger partial charge in [-0.1, -0.05) is 67.1 Å². The number of halogens is 1. The van der Waals surface area contributed by atoms with Gasteiger partial charge in [-0.3, -0.25) is 13.9 Å². The second-order valence-corrected chi connectivity index (χ2v) is 13.8. The Kier molecular flexibility index (Phi) is 10.9. The maximum absolute atomic E-state index is 14.2. The minimum atomic E-state index is -4.19. The van der Waals surface area contributed by atoms with E-state index < -0.39 is 34.1 Å². The van der Waals surface area contributed by atoms with E-state index >= 15 is 0 Å². The van der Waals surface area contributed by atoms with Crippen LogP contribution in [0.4, 0.5) is 5.69 Å². The molecule has 0 spiro atoms. The standard InChI is InChI=1S/C35H38ClN3O5S/c1-5-32(34(41)37-35(2,3)4)38(24-26-16-18-27(36)19-17-26)33(40)25-39(45(42,43)31-14-10-7-11-15-31)28-20-22-30(23-21-28)44-29-12-8-6-9-13-29/h6-23,32H,5,24-25H2,1-4H3,(H,37,41)/t32-/m0/s1. The first kappa shape index (κ1) is 33.6. The van der Waals surface area contributed by atoms with Crippen molar-refractivity contribution in [3.8, 4) is 11.5 Å². The van der Waals surface area contributed by atoms with Crippen molar-refractivity contribution >= 4 is 39.1 Å². The maximum atomic E-state index is 14.2. The number of benzene rings is 4. The second-order valence-electron chi connectivity index (χ2n) is 11.5. The molecular formula is C35H38ClN3O5S. The lowest BCUT2D eigenvalue weighted by Crippen LogP contribution is -2.55. The summed E-state index contributed by atoms with van der Waals surface area (Å²) in [5, 5.41) is 3.50. The molecule has 0 heterocycles. The molecule has 4 rings (SSSR count). The monoisotopic (exact) mass is 647 g/mol. The van der Waals surface area contributed by atoms with Gasteiger partial charge in [-0.25, -0.2) is 8.42 Å². The van der Waals surface area contributed by atoms with Gasteiger partial charge in [0.1, 0.15) is 24.1 Å². The fourth-order valence-corrected chi connectivity index (χ4v) is 6.27. The predicted molar refractivity (Wildman–Crippen MR) is 178 cm³/mol. The Morgan fingerprint density at radius 3 is 1.93 bits per heavy atom. The number of carbonyl (C=O) groups excluding carboxylic acids is 2. The highest BCUT2D eigenvalue weighted by atomic mass is 35.5. The number of nitrogens with one attached hydrogen (secondary N) is 1. The number of para-hydroxylation sites is 1. The van der Waals surface area contributed by atoms with Crippen LogP contribution >= 0.6 is 11.6 Å². The topological polar surface area (TPSA) is 96.0 Å². The largest absolute Gasteiger partial charge is 0.457 e. The summed E-state index contributed by atoms with van der Waals surface area (Å²) in [6.45, 7) is 6.95. The fraction of sp³-hybridized carbons (Fsp3) is 0.257. The number of anilines is 1. The molecule has 236 valence electrons. The van der Waals surface area contributed by atoms with Crippen LogP contribution in [0.15, 0.2) is 114 Å². The Morgan fingerprint density at radius 2 is 1.38 bits per heavy atom. The molecule has 0 saturated carbocycles. The predicted octanol–water partition coefficient (Wildman–Crippen LogP) is 7.05. The Hall–Kier alpha value is -4.34. The highest BCUT2D eigenvalue weighted by Crippen LogP contribution is 2.29. The molecule has 8 nitrogen and oxygen atoms in total. The minimum Gasteiger partial charge on any atom is -0.457 e. The third-order valence-electron chi connectivity index (χ3n) is 6.86. The van der Waals surface area contributed by atoms with Crippen LogP contribution < -0.4 is 14.4 Å². The van der Waals surface area contributed by atoms with Crippen molar-refractivity contribution in [2.75, 3.05) is 10.8 Å². The molecular weight excluding hydrogens is 610 g/mol. The number of sulfonamides is 1. The molecule has 0 radical (unpaired) electrons. The first-order valence-corrected chi connectivity index (χ1v) is 16.5. The normalized spacial score (nSPS) is 12.2. The zero-order valence-electron chi connectivity index (χ0n) is 25.8. The minimum absolute atomic E-state index is 0.0316. The maximum Gasteiger partial charge on any atom is 0.264 e. The molecule has 0 aliphatic carbocycles. The van der Waals surface area contributed by atoms with Gasteiger partial charge in [0, 0.05) is 17.1 Å². The average Bonchev–Trinajstić information content (AvgIpc) is 3.01. The molecule has 0 aliphatic rings. The molecule has 0 aliphatic heterocycles. The molecule has 0 aromatic heterocycles. The highest BCUT2D eigenvalue weighted by Gasteiger charge is 2.34. The van der Waals surface area contributed by atoms with Crippen molar-refractivity contribution in [1.29, 1.82) is 0 Å². The van der Waals surface area contributed by atoms with E-state index in [1.165, 1.54) is 17.0 Å². The van der Waals surface area contributed by atoms with E-state index in [9.17, 15) is 18.0 Å². The summed E-state index contributed by atoms with van der Waals surface area (Å²) in [7, 11) is -4.19. The van der Waals surface area contributed by atoms with Crippen molar-refractivity contribution in [3.05, 3.63) is 120 Å². The first-order valence-electron chi connectivity index (χ1n) is 14.6. The Labute approximate surface area is 270 Å². The number of hydrogen-bond donors (Lipinski definition) is 1. The summed E-state index contributed by atoms with van der Waals surface area (Å²) in [4.78, 5) is 29.2. The molecule has 1 N–H and O–H groups in total. The third kappa shape index (κ3) is 9.09. The van der Waals surface area contributed by atoms with E-state index in [-0.39, 0.29) is 23.0 Å². The molecule has 10 heteroatoms. The van der Waals surface area contributed by atoms with E-state index in [1.54, 1.807) is 66.7 Å². The lowest BCUT2D eigenvalue weighted by atomic mass is 10.1. The van der Waals surface area contributed by atoms with Gasteiger partial charge in [0.05, 0.1) is 10.6 Å². The lowest BCUT2D eigenvalue weighted by molar-refractivity contribution is -0.141. The van der Waals surface area contributed by atoms with E-state index in [2.05, 4.69) is 5.32 Å². The number of hydrogen-bond acceptors (Lipinski definition) is 5. The zero-order chi connectivity index (χ0) is 32.6. The highest BCUT2D eigenvalue weighted by molar-refractivity contribution is 7.92. The Morgan fingerprint density at radius 1 is 0.822 bits per heavy atom. The van der Waals surface area contributed by atoms with Crippen LogP contribution in [0.1, 0.15) is 39.7 Å². The van der Waals surface area contributed by atoms with Crippen molar-refractivity contribution in [2.45, 2.75) is 57.1 Å². The summed E-state index contributed by atoms with van der Waals surface area (Å²) >= 11 is 6.10. The summed E-state index contributed by atoms with van der Waals surface area (Å²) in [5.41, 5.74) is 0.479. The van der Waals surface area contributed by atoms with Crippen LogP contribution in [0.5, 0.6) is 11.5 Å². The number of nitrogens with zero attached hydrogens (tertiary/aromatic N) is 2. The van der Waals surface area contributed by atoms with Gasteiger partial charge in [-0.15, -0.1) is 0 Å². The molecule has 45 heavy (non-hydrogen) atoms. The van der Waals surface area contributed by atoms with E-state index in [4.69, 9.17) is 16.3 Å². The van der Waals surface area contributed by atoms with Crippen LogP contribution in [0.25, 0.3) is 0 Å². The molecule has 0 saturated heterocycles. The van der Waals surface area contributed by atoms with Gasteiger partial charge >= 0.3 is 0 Å². The zero-order valence-corrected chi connectivity index (χ0v) is 27.4. The van der Waals surface area contributed by atoms with E-state index in [0.717, 1.165) is 9.87 Å². The quantitative estimate of drug-likeness (QED) is 0.178. The summed E-state index contributed by atoms with van der Waals surface area (Å²) in [5.74, 6) is 0.269. The summed E-state index contributed by atoms with van der Waals surface area (Å²) in [6.07, 6.45) is 0.318.